The lowest BCUT2D eigenvalue weighted by Crippen LogP contribution is -2.52. The first kappa shape index (κ1) is 20.4. The minimum atomic E-state index is -3.72. The number of likely N-dealkylation sites (tertiary alicyclic amines) is 1. The number of aryl methyl sites for hydroxylation is 1. The number of carbonyl (C=O) groups excluding carboxylic acids is 1. The number of nitrogens with zero attached hydrogens (tertiary/aromatic N) is 2. The van der Waals surface area contributed by atoms with Crippen LogP contribution in [0.15, 0.2) is 59.6 Å². The van der Waals surface area contributed by atoms with Crippen molar-refractivity contribution in [1.82, 2.24) is 14.2 Å². The van der Waals surface area contributed by atoms with E-state index in [2.05, 4.69) is 16.0 Å². The number of fused-ring (bicyclic) bond motifs is 2. The van der Waals surface area contributed by atoms with Gasteiger partial charge in [-0.3, -0.25) is 4.79 Å². The minimum Gasteiger partial charge on any atom is -0.361 e. The molecule has 2 fully saturated rings. The molecule has 6 nitrogen and oxygen atoms in total. The Hall–Kier alpha value is -2.48. The van der Waals surface area contributed by atoms with Gasteiger partial charge in [0.15, 0.2) is 0 Å². The van der Waals surface area contributed by atoms with Crippen LogP contribution in [-0.2, 0) is 21.2 Å². The standard InChI is InChI=1S/C24H27N3O3S/c1-16-7-9-18(10-8-16)31(29,30)27-15-20-23(28)11-12-26(2)24(20)22(27)13-17-14-25-21-6-4-3-5-19(17)21/h3-10,14,20,22,24-25H,11-13,15H2,1-2H3/t20-,22-,24+/m0/s1. The van der Waals surface area contributed by atoms with Gasteiger partial charge in [-0.15, -0.1) is 0 Å². The Bertz CT molecular complexity index is 1230. The molecule has 31 heavy (non-hydrogen) atoms. The lowest BCUT2D eigenvalue weighted by atomic mass is 9.86. The zero-order chi connectivity index (χ0) is 21.8. The van der Waals surface area contributed by atoms with Crippen molar-refractivity contribution in [3.63, 3.8) is 0 Å². The van der Waals surface area contributed by atoms with Crippen molar-refractivity contribution < 1.29 is 13.2 Å². The van der Waals surface area contributed by atoms with E-state index in [0.717, 1.165) is 22.0 Å². The number of Topliss-reactive ketones (excluding diaryl/α,β-unsaturated/α-hetero) is 1. The Morgan fingerprint density at radius 1 is 1.10 bits per heavy atom. The first-order valence-corrected chi connectivity index (χ1v) is 12.2. The van der Waals surface area contributed by atoms with Crippen LogP contribution in [0.25, 0.3) is 10.9 Å². The third-order valence-corrected chi connectivity index (χ3v) is 8.82. The summed E-state index contributed by atoms with van der Waals surface area (Å²) in [5.41, 5.74) is 3.13. The van der Waals surface area contributed by atoms with Gasteiger partial charge >= 0.3 is 0 Å². The van der Waals surface area contributed by atoms with Crippen LogP contribution in [-0.4, -0.2) is 60.6 Å². The summed E-state index contributed by atoms with van der Waals surface area (Å²) >= 11 is 0. The molecule has 3 heterocycles. The van der Waals surface area contributed by atoms with E-state index in [1.165, 1.54) is 0 Å². The van der Waals surface area contributed by atoms with E-state index in [1.54, 1.807) is 16.4 Å². The SMILES string of the molecule is Cc1ccc(S(=O)(=O)N2C[C@H]3C(=O)CCN(C)[C@H]3[C@@H]2Cc2c[nH]c3ccccc23)cc1. The summed E-state index contributed by atoms with van der Waals surface area (Å²) in [6.45, 7) is 2.86. The Balaban J connectivity index is 1.58. The zero-order valence-corrected chi connectivity index (χ0v) is 18.6. The molecule has 0 unspecified atom stereocenters. The molecule has 2 aromatic carbocycles. The summed E-state index contributed by atoms with van der Waals surface area (Å²) in [6, 6.07) is 14.6. The van der Waals surface area contributed by atoms with Gasteiger partial charge in [0.25, 0.3) is 0 Å². The number of likely N-dealkylation sites (N-methyl/N-ethyl adjacent to an activating group) is 1. The summed E-state index contributed by atoms with van der Waals surface area (Å²) in [7, 11) is -1.71. The van der Waals surface area contributed by atoms with E-state index in [9.17, 15) is 13.2 Å². The molecule has 3 aromatic rings. The average Bonchev–Trinajstić information content (AvgIpc) is 3.35. The molecular formula is C24H27N3O3S. The molecular weight excluding hydrogens is 410 g/mol. The van der Waals surface area contributed by atoms with Gasteiger partial charge in [0.05, 0.1) is 4.90 Å². The quantitative estimate of drug-likeness (QED) is 0.681. The third-order valence-electron chi connectivity index (χ3n) is 6.92. The number of benzene rings is 2. The fourth-order valence-electron chi connectivity index (χ4n) is 5.26. The molecule has 7 heteroatoms. The van der Waals surface area contributed by atoms with Crippen molar-refractivity contribution in [2.24, 2.45) is 5.92 Å². The van der Waals surface area contributed by atoms with Crippen LogP contribution in [0, 0.1) is 12.8 Å². The van der Waals surface area contributed by atoms with Gasteiger partial charge < -0.3 is 9.88 Å². The van der Waals surface area contributed by atoms with Crippen LogP contribution >= 0.6 is 0 Å². The molecule has 3 atom stereocenters. The highest BCUT2D eigenvalue weighted by Gasteiger charge is 2.52. The summed E-state index contributed by atoms with van der Waals surface area (Å²) in [5, 5.41) is 1.10. The van der Waals surface area contributed by atoms with Crippen LogP contribution in [0.5, 0.6) is 0 Å². The second kappa shape index (κ2) is 7.58. The van der Waals surface area contributed by atoms with Crippen LogP contribution in [0.2, 0.25) is 0 Å². The van der Waals surface area contributed by atoms with E-state index >= 15 is 0 Å². The first-order chi connectivity index (χ1) is 14.9. The van der Waals surface area contributed by atoms with Gasteiger partial charge in [0, 0.05) is 54.6 Å². The van der Waals surface area contributed by atoms with Crippen LogP contribution in [0.1, 0.15) is 17.5 Å². The molecule has 2 saturated heterocycles. The lowest BCUT2D eigenvalue weighted by molar-refractivity contribution is -0.127. The molecule has 162 valence electrons. The zero-order valence-electron chi connectivity index (χ0n) is 17.8. The largest absolute Gasteiger partial charge is 0.361 e. The van der Waals surface area contributed by atoms with Crippen LogP contribution < -0.4 is 0 Å². The van der Waals surface area contributed by atoms with Crippen LogP contribution in [0.3, 0.4) is 0 Å². The van der Waals surface area contributed by atoms with E-state index in [1.807, 2.05) is 50.5 Å². The monoisotopic (exact) mass is 437 g/mol. The number of rotatable bonds is 4. The average molecular weight is 438 g/mol. The molecule has 0 aliphatic carbocycles. The number of hydrogen-bond acceptors (Lipinski definition) is 4. The lowest BCUT2D eigenvalue weighted by Gasteiger charge is -2.37. The topological polar surface area (TPSA) is 73.5 Å². The van der Waals surface area contributed by atoms with Crippen molar-refractivity contribution >= 4 is 26.7 Å². The Labute approximate surface area is 182 Å². The highest BCUT2D eigenvalue weighted by molar-refractivity contribution is 7.89. The fourth-order valence-corrected chi connectivity index (χ4v) is 6.92. The van der Waals surface area contributed by atoms with E-state index < -0.39 is 10.0 Å². The molecule has 2 aliphatic rings. The second-order valence-corrected chi connectivity index (χ2v) is 10.7. The molecule has 1 N–H and O–H groups in total. The second-order valence-electron chi connectivity index (χ2n) is 8.81. The number of H-pyrrole nitrogens is 1. The normalized spacial score (nSPS) is 25.2. The number of aromatic amines is 1. The Kier molecular flexibility index (Phi) is 5.00. The summed E-state index contributed by atoms with van der Waals surface area (Å²) in [5.74, 6) is -0.109. The highest BCUT2D eigenvalue weighted by atomic mass is 32.2. The number of hydrogen-bond donors (Lipinski definition) is 1. The van der Waals surface area contributed by atoms with Gasteiger partial charge in [0.2, 0.25) is 10.0 Å². The van der Waals surface area contributed by atoms with Crippen molar-refractivity contribution in [3.05, 3.63) is 65.9 Å². The molecule has 0 saturated carbocycles. The third kappa shape index (κ3) is 3.41. The Morgan fingerprint density at radius 3 is 2.61 bits per heavy atom. The number of para-hydroxylation sites is 1. The van der Waals surface area contributed by atoms with Gasteiger partial charge in [-0.2, -0.15) is 4.31 Å². The molecule has 0 spiro atoms. The van der Waals surface area contributed by atoms with Crippen molar-refractivity contribution in [1.29, 1.82) is 0 Å². The van der Waals surface area contributed by atoms with E-state index in [-0.39, 0.29) is 35.2 Å². The number of aromatic nitrogens is 1. The highest BCUT2D eigenvalue weighted by Crippen LogP contribution is 2.38. The smallest absolute Gasteiger partial charge is 0.243 e. The molecule has 1 aromatic heterocycles. The summed E-state index contributed by atoms with van der Waals surface area (Å²) in [6.07, 6.45) is 3.02. The first-order valence-electron chi connectivity index (χ1n) is 10.7. The molecule has 0 radical (unpaired) electrons. The number of nitrogens with one attached hydrogen (secondary N) is 1. The molecule has 0 amide bonds. The molecule has 0 bridgehead atoms. The number of piperidine rings is 1. The summed E-state index contributed by atoms with van der Waals surface area (Å²) in [4.78, 5) is 18.5. The van der Waals surface area contributed by atoms with Crippen molar-refractivity contribution in [3.8, 4) is 0 Å². The number of carbonyl (C=O) groups is 1. The summed E-state index contributed by atoms with van der Waals surface area (Å²) < 4.78 is 29.0. The maximum atomic E-state index is 13.7. The molecule has 5 rings (SSSR count). The van der Waals surface area contributed by atoms with Crippen molar-refractivity contribution in [2.45, 2.75) is 36.7 Å². The van der Waals surface area contributed by atoms with Crippen molar-refractivity contribution in [2.75, 3.05) is 20.1 Å². The fraction of sp³-hybridized carbons (Fsp3) is 0.375. The van der Waals surface area contributed by atoms with Crippen LogP contribution in [0.4, 0.5) is 0 Å². The van der Waals surface area contributed by atoms with E-state index in [4.69, 9.17) is 0 Å². The van der Waals surface area contributed by atoms with Gasteiger partial charge in [-0.25, -0.2) is 8.42 Å². The maximum Gasteiger partial charge on any atom is 0.243 e. The van der Waals surface area contributed by atoms with Gasteiger partial charge in [0.1, 0.15) is 5.78 Å². The molecule has 2 aliphatic heterocycles. The predicted molar refractivity (Wildman–Crippen MR) is 120 cm³/mol. The van der Waals surface area contributed by atoms with Gasteiger partial charge in [-0.1, -0.05) is 35.9 Å². The Morgan fingerprint density at radius 2 is 1.84 bits per heavy atom. The maximum absolute atomic E-state index is 13.7. The number of ketones is 1. The predicted octanol–water partition coefficient (Wildman–Crippen LogP) is 2.98. The number of sulfonamides is 1. The minimum absolute atomic E-state index is 0.116. The van der Waals surface area contributed by atoms with Gasteiger partial charge in [-0.05, 0) is 44.2 Å². The van der Waals surface area contributed by atoms with E-state index in [0.29, 0.717) is 19.4 Å².